The summed E-state index contributed by atoms with van der Waals surface area (Å²) in [7, 11) is 0. The molecule has 0 saturated carbocycles. The molecule has 0 aliphatic carbocycles. The van der Waals surface area contributed by atoms with Crippen LogP contribution >= 0.6 is 0 Å². The Labute approximate surface area is 168 Å². The second-order valence-corrected chi connectivity index (χ2v) is 7.38. The van der Waals surface area contributed by atoms with Crippen LogP contribution in [0.25, 0.3) is 0 Å². The quantitative estimate of drug-likeness (QED) is 0.701. The Hall–Kier alpha value is -2.15. The lowest BCUT2D eigenvalue weighted by atomic mass is 10.2. The Balaban J connectivity index is 1.72. The number of nitrogens with zero attached hydrogens (tertiary/aromatic N) is 3. The molecule has 1 aliphatic heterocycles. The summed E-state index contributed by atoms with van der Waals surface area (Å²) in [5.41, 5.74) is 0.964. The minimum absolute atomic E-state index is 0.0350. The highest BCUT2D eigenvalue weighted by atomic mass is 16.5. The average molecular weight is 391 g/mol. The maximum atomic E-state index is 12.0. The van der Waals surface area contributed by atoms with E-state index in [-0.39, 0.29) is 24.0 Å². The molecule has 7 nitrogen and oxygen atoms in total. The number of aromatic nitrogens is 1. The van der Waals surface area contributed by atoms with Crippen LogP contribution in [0.1, 0.15) is 52.5 Å². The molecule has 7 heteroatoms. The third-order valence-electron chi connectivity index (χ3n) is 4.95. The van der Waals surface area contributed by atoms with Crippen LogP contribution in [0.3, 0.4) is 0 Å². The number of pyridine rings is 1. The van der Waals surface area contributed by atoms with Crippen LogP contribution in [0, 0.1) is 0 Å². The Morgan fingerprint density at radius 3 is 2.43 bits per heavy atom. The molecule has 2 rings (SSSR count). The van der Waals surface area contributed by atoms with E-state index in [4.69, 9.17) is 4.74 Å². The van der Waals surface area contributed by atoms with Crippen molar-refractivity contribution in [3.05, 3.63) is 23.9 Å². The van der Waals surface area contributed by atoms with E-state index in [0.717, 1.165) is 24.5 Å². The molecule has 2 atom stereocenters. The molecule has 0 bridgehead atoms. The summed E-state index contributed by atoms with van der Waals surface area (Å²) in [5, 5.41) is 2.91. The summed E-state index contributed by atoms with van der Waals surface area (Å²) in [4.78, 5) is 32.5. The SMILES string of the molecule is CCN(CC)C(=O)CCCC(=O)NCc1ccc(N2CC(C)OC(C)C2)nc1. The molecule has 156 valence electrons. The number of carbonyl (C=O) groups is 2. The fourth-order valence-electron chi connectivity index (χ4n) is 3.50. The van der Waals surface area contributed by atoms with Gasteiger partial charge in [-0.05, 0) is 45.7 Å². The third-order valence-corrected chi connectivity index (χ3v) is 4.95. The van der Waals surface area contributed by atoms with Gasteiger partial charge in [-0.1, -0.05) is 6.07 Å². The van der Waals surface area contributed by atoms with Crippen molar-refractivity contribution in [3.8, 4) is 0 Å². The van der Waals surface area contributed by atoms with E-state index in [1.54, 1.807) is 4.90 Å². The number of hydrogen-bond donors (Lipinski definition) is 1. The van der Waals surface area contributed by atoms with Gasteiger partial charge in [0.25, 0.3) is 0 Å². The average Bonchev–Trinajstić information content (AvgIpc) is 2.67. The Bertz CT molecular complexity index is 621. The summed E-state index contributed by atoms with van der Waals surface area (Å²) >= 11 is 0. The molecule has 2 unspecified atom stereocenters. The summed E-state index contributed by atoms with van der Waals surface area (Å²) in [6, 6.07) is 3.99. The van der Waals surface area contributed by atoms with Crippen molar-refractivity contribution in [2.45, 2.75) is 65.7 Å². The Kier molecular flexibility index (Phi) is 8.70. The Morgan fingerprint density at radius 1 is 1.18 bits per heavy atom. The van der Waals surface area contributed by atoms with Crippen molar-refractivity contribution in [3.63, 3.8) is 0 Å². The lowest BCUT2D eigenvalue weighted by Gasteiger charge is -2.36. The zero-order chi connectivity index (χ0) is 20.5. The zero-order valence-electron chi connectivity index (χ0n) is 17.6. The third kappa shape index (κ3) is 6.78. The van der Waals surface area contributed by atoms with Gasteiger partial charge in [-0.2, -0.15) is 0 Å². The second kappa shape index (κ2) is 11.0. The molecule has 1 aliphatic rings. The van der Waals surface area contributed by atoms with Gasteiger partial charge < -0.3 is 19.9 Å². The van der Waals surface area contributed by atoms with Crippen LogP contribution in [0.4, 0.5) is 5.82 Å². The predicted octanol–water partition coefficient (Wildman–Crippen LogP) is 2.35. The number of anilines is 1. The van der Waals surface area contributed by atoms with Crippen molar-refractivity contribution in [2.75, 3.05) is 31.1 Å². The van der Waals surface area contributed by atoms with Crippen LogP contribution in [-0.4, -0.2) is 60.1 Å². The van der Waals surface area contributed by atoms with Crippen LogP contribution < -0.4 is 10.2 Å². The predicted molar refractivity (Wildman–Crippen MR) is 110 cm³/mol. The van der Waals surface area contributed by atoms with Gasteiger partial charge in [0.15, 0.2) is 0 Å². The molecular formula is C21H34N4O3. The van der Waals surface area contributed by atoms with E-state index in [2.05, 4.69) is 29.0 Å². The van der Waals surface area contributed by atoms with E-state index < -0.39 is 0 Å². The van der Waals surface area contributed by atoms with Crippen molar-refractivity contribution in [2.24, 2.45) is 0 Å². The summed E-state index contributed by atoms with van der Waals surface area (Å²) < 4.78 is 5.76. The van der Waals surface area contributed by atoms with Crippen molar-refractivity contribution < 1.29 is 14.3 Å². The first-order valence-electron chi connectivity index (χ1n) is 10.3. The largest absolute Gasteiger partial charge is 0.372 e. The van der Waals surface area contributed by atoms with Crippen LogP contribution in [0.5, 0.6) is 0 Å². The van der Waals surface area contributed by atoms with Gasteiger partial charge >= 0.3 is 0 Å². The normalized spacial score (nSPS) is 19.4. The molecule has 2 heterocycles. The van der Waals surface area contributed by atoms with Crippen LogP contribution in [0.15, 0.2) is 18.3 Å². The summed E-state index contributed by atoms with van der Waals surface area (Å²) in [6.45, 7) is 11.6. The smallest absolute Gasteiger partial charge is 0.222 e. The number of hydrogen-bond acceptors (Lipinski definition) is 5. The van der Waals surface area contributed by atoms with E-state index >= 15 is 0 Å². The first kappa shape index (κ1) is 22.1. The highest BCUT2D eigenvalue weighted by Gasteiger charge is 2.23. The first-order valence-corrected chi connectivity index (χ1v) is 10.3. The highest BCUT2D eigenvalue weighted by molar-refractivity contribution is 5.78. The molecule has 1 saturated heterocycles. The molecule has 1 N–H and O–H groups in total. The molecule has 0 spiro atoms. The lowest BCUT2D eigenvalue weighted by Crippen LogP contribution is -2.45. The van der Waals surface area contributed by atoms with Gasteiger partial charge in [-0.3, -0.25) is 9.59 Å². The topological polar surface area (TPSA) is 74.8 Å². The van der Waals surface area contributed by atoms with Gasteiger partial charge in [0, 0.05) is 51.8 Å². The van der Waals surface area contributed by atoms with E-state index in [9.17, 15) is 9.59 Å². The first-order chi connectivity index (χ1) is 13.4. The van der Waals surface area contributed by atoms with E-state index in [0.29, 0.717) is 38.9 Å². The van der Waals surface area contributed by atoms with Crippen LogP contribution in [0.2, 0.25) is 0 Å². The molecule has 0 radical (unpaired) electrons. The standard InChI is InChI=1S/C21H34N4O3/c1-5-24(6-2)21(27)9-7-8-20(26)23-13-18-10-11-19(22-12-18)25-14-16(3)28-17(4)15-25/h10-12,16-17H,5-9,13-15H2,1-4H3,(H,23,26). The van der Waals surface area contributed by atoms with Crippen LogP contribution in [-0.2, 0) is 20.9 Å². The molecule has 1 aromatic rings. The summed E-state index contributed by atoms with van der Waals surface area (Å²) in [5.74, 6) is 1.02. The lowest BCUT2D eigenvalue weighted by molar-refractivity contribution is -0.131. The highest BCUT2D eigenvalue weighted by Crippen LogP contribution is 2.18. The number of carbonyl (C=O) groups excluding carboxylic acids is 2. The monoisotopic (exact) mass is 390 g/mol. The molecule has 28 heavy (non-hydrogen) atoms. The zero-order valence-corrected chi connectivity index (χ0v) is 17.6. The van der Waals surface area contributed by atoms with Crippen molar-refractivity contribution in [1.82, 2.24) is 15.2 Å². The number of rotatable bonds is 9. The number of ether oxygens (including phenoxy) is 1. The maximum Gasteiger partial charge on any atom is 0.222 e. The molecule has 0 aromatic carbocycles. The van der Waals surface area contributed by atoms with Gasteiger partial charge in [-0.25, -0.2) is 4.98 Å². The maximum absolute atomic E-state index is 12.0. The fraction of sp³-hybridized carbons (Fsp3) is 0.667. The van der Waals surface area contributed by atoms with Crippen molar-refractivity contribution in [1.29, 1.82) is 0 Å². The molecule has 1 fully saturated rings. The van der Waals surface area contributed by atoms with Gasteiger partial charge in [0.05, 0.1) is 12.2 Å². The molecule has 2 amide bonds. The van der Waals surface area contributed by atoms with Gasteiger partial charge in [-0.15, -0.1) is 0 Å². The fourth-order valence-corrected chi connectivity index (χ4v) is 3.50. The second-order valence-electron chi connectivity index (χ2n) is 7.38. The summed E-state index contributed by atoms with van der Waals surface area (Å²) in [6.07, 6.45) is 3.55. The van der Waals surface area contributed by atoms with Gasteiger partial charge in [0.2, 0.25) is 11.8 Å². The van der Waals surface area contributed by atoms with E-state index in [1.807, 2.05) is 32.2 Å². The minimum atomic E-state index is -0.0350. The number of amides is 2. The molecule has 1 aromatic heterocycles. The molecular weight excluding hydrogens is 356 g/mol. The van der Waals surface area contributed by atoms with E-state index in [1.165, 1.54) is 0 Å². The minimum Gasteiger partial charge on any atom is -0.372 e. The number of morpholine rings is 1. The number of nitrogens with one attached hydrogen (secondary N) is 1. The van der Waals surface area contributed by atoms with Gasteiger partial charge in [0.1, 0.15) is 5.82 Å². The van der Waals surface area contributed by atoms with Crippen molar-refractivity contribution >= 4 is 17.6 Å². The Morgan fingerprint density at radius 2 is 1.86 bits per heavy atom.